The van der Waals surface area contributed by atoms with Crippen LogP contribution in [0.25, 0.3) is 0 Å². The number of urea groups is 1. The van der Waals surface area contributed by atoms with Crippen LogP contribution in [0.4, 0.5) is 4.79 Å². The monoisotopic (exact) mass is 203 g/mol. The second-order valence-corrected chi connectivity index (χ2v) is 3.33. The summed E-state index contributed by atoms with van der Waals surface area (Å²) >= 11 is 0. The van der Waals surface area contributed by atoms with Crippen LogP contribution in [-0.2, 0) is 0 Å². The third kappa shape index (κ3) is 5.77. The number of hydrogen-bond acceptors (Lipinski definition) is 3. The van der Waals surface area contributed by atoms with Gasteiger partial charge in [-0.1, -0.05) is 0 Å². The molecule has 0 aromatic heterocycles. The first-order valence-electron chi connectivity index (χ1n) is 4.65. The lowest BCUT2D eigenvalue weighted by atomic mass is 10.3. The van der Waals surface area contributed by atoms with Crippen LogP contribution in [-0.4, -0.2) is 53.0 Å². The van der Waals surface area contributed by atoms with Crippen molar-refractivity contribution >= 4 is 6.03 Å². The maximum atomic E-state index is 11.4. The summed E-state index contributed by atoms with van der Waals surface area (Å²) in [6.07, 6.45) is -1.15. The van der Waals surface area contributed by atoms with E-state index in [0.717, 1.165) is 0 Å². The summed E-state index contributed by atoms with van der Waals surface area (Å²) in [5.74, 6) is 0. The van der Waals surface area contributed by atoms with E-state index in [1.807, 2.05) is 0 Å². The average molecular weight is 203 g/mol. The predicted molar refractivity (Wildman–Crippen MR) is 53.7 cm³/mol. The summed E-state index contributed by atoms with van der Waals surface area (Å²) in [4.78, 5) is 12.7. The molecule has 0 heterocycles. The highest BCUT2D eigenvalue weighted by atomic mass is 16.3. The third-order valence-corrected chi connectivity index (χ3v) is 1.59. The Morgan fingerprint density at radius 2 is 2.00 bits per heavy atom. The largest absolute Gasteiger partial charge is 0.392 e. The SMILES string of the molecule is [CH2]CN(CC(C)O)C(=O)NCC(C)O. The average Bonchev–Trinajstić information content (AvgIpc) is 2.09. The molecule has 0 rings (SSSR count). The first-order chi connectivity index (χ1) is 6.47. The summed E-state index contributed by atoms with van der Waals surface area (Å²) < 4.78 is 0. The molecule has 0 aromatic carbocycles. The summed E-state index contributed by atoms with van der Waals surface area (Å²) in [7, 11) is 0. The van der Waals surface area contributed by atoms with Gasteiger partial charge in [-0.15, -0.1) is 0 Å². The topological polar surface area (TPSA) is 72.8 Å². The van der Waals surface area contributed by atoms with Crippen molar-refractivity contribution in [2.75, 3.05) is 19.6 Å². The van der Waals surface area contributed by atoms with Crippen molar-refractivity contribution in [3.8, 4) is 0 Å². The molecule has 0 aliphatic carbocycles. The van der Waals surface area contributed by atoms with Gasteiger partial charge in [0.15, 0.2) is 0 Å². The second kappa shape index (κ2) is 6.62. The van der Waals surface area contributed by atoms with Crippen LogP contribution in [0.3, 0.4) is 0 Å². The zero-order chi connectivity index (χ0) is 11.1. The Balaban J connectivity index is 3.92. The molecule has 3 N–H and O–H groups in total. The minimum Gasteiger partial charge on any atom is -0.392 e. The number of aliphatic hydroxyl groups excluding tert-OH is 2. The van der Waals surface area contributed by atoms with Gasteiger partial charge in [-0.05, 0) is 20.8 Å². The van der Waals surface area contributed by atoms with Crippen molar-refractivity contribution < 1.29 is 15.0 Å². The van der Waals surface area contributed by atoms with Crippen LogP contribution >= 0.6 is 0 Å². The fraction of sp³-hybridized carbons (Fsp3) is 0.778. The highest BCUT2D eigenvalue weighted by Crippen LogP contribution is 1.92. The predicted octanol–water partition coefficient (Wildman–Crippen LogP) is -0.406. The minimum absolute atomic E-state index is 0.204. The lowest BCUT2D eigenvalue weighted by molar-refractivity contribution is 0.133. The zero-order valence-corrected chi connectivity index (χ0v) is 8.73. The standard InChI is InChI=1S/C9H19N2O3/c1-4-11(6-8(3)13)9(14)10-5-7(2)12/h7-8,12-13H,1,4-6H2,2-3H3,(H,10,14). The number of carbonyl (C=O) groups is 1. The first-order valence-corrected chi connectivity index (χ1v) is 4.65. The molecule has 0 aromatic rings. The van der Waals surface area contributed by atoms with Gasteiger partial charge in [0, 0.05) is 19.6 Å². The van der Waals surface area contributed by atoms with Crippen LogP contribution in [0.1, 0.15) is 13.8 Å². The molecule has 0 spiro atoms. The van der Waals surface area contributed by atoms with Crippen LogP contribution in [0.5, 0.6) is 0 Å². The normalized spacial score (nSPS) is 14.6. The number of rotatable bonds is 5. The van der Waals surface area contributed by atoms with Crippen molar-refractivity contribution in [2.24, 2.45) is 0 Å². The second-order valence-electron chi connectivity index (χ2n) is 3.33. The van der Waals surface area contributed by atoms with Crippen LogP contribution in [0.2, 0.25) is 0 Å². The fourth-order valence-electron chi connectivity index (χ4n) is 0.942. The minimum atomic E-state index is -0.575. The van der Waals surface area contributed by atoms with E-state index in [-0.39, 0.29) is 25.7 Å². The van der Waals surface area contributed by atoms with Gasteiger partial charge in [-0.3, -0.25) is 0 Å². The van der Waals surface area contributed by atoms with E-state index < -0.39 is 12.2 Å². The summed E-state index contributed by atoms with van der Waals surface area (Å²) in [6, 6.07) is -0.318. The van der Waals surface area contributed by atoms with E-state index in [2.05, 4.69) is 12.2 Å². The van der Waals surface area contributed by atoms with E-state index in [9.17, 15) is 4.79 Å². The van der Waals surface area contributed by atoms with Gasteiger partial charge >= 0.3 is 6.03 Å². The van der Waals surface area contributed by atoms with Gasteiger partial charge in [0.2, 0.25) is 0 Å². The first kappa shape index (κ1) is 13.2. The highest BCUT2D eigenvalue weighted by Gasteiger charge is 2.13. The zero-order valence-electron chi connectivity index (χ0n) is 8.73. The molecule has 14 heavy (non-hydrogen) atoms. The van der Waals surface area contributed by atoms with Crippen molar-refractivity contribution in [3.05, 3.63) is 6.92 Å². The molecule has 0 saturated heterocycles. The lowest BCUT2D eigenvalue weighted by Crippen LogP contribution is -2.45. The van der Waals surface area contributed by atoms with E-state index in [1.165, 1.54) is 4.90 Å². The Hall–Kier alpha value is -0.810. The molecule has 0 saturated carbocycles. The van der Waals surface area contributed by atoms with Crippen LogP contribution < -0.4 is 5.32 Å². The molecular formula is C9H19N2O3. The van der Waals surface area contributed by atoms with Crippen LogP contribution in [0.15, 0.2) is 0 Å². The van der Waals surface area contributed by atoms with Gasteiger partial charge in [-0.25, -0.2) is 4.79 Å². The lowest BCUT2D eigenvalue weighted by Gasteiger charge is -2.22. The molecule has 5 heteroatoms. The van der Waals surface area contributed by atoms with E-state index in [0.29, 0.717) is 0 Å². The number of aliphatic hydroxyl groups is 2. The summed E-state index contributed by atoms with van der Waals surface area (Å²) in [5.41, 5.74) is 0. The van der Waals surface area contributed by atoms with Crippen molar-refractivity contribution in [1.82, 2.24) is 10.2 Å². The molecule has 2 unspecified atom stereocenters. The van der Waals surface area contributed by atoms with Gasteiger partial charge in [0.05, 0.1) is 12.2 Å². The molecule has 0 aliphatic heterocycles. The third-order valence-electron chi connectivity index (χ3n) is 1.59. The Morgan fingerprint density at radius 3 is 2.36 bits per heavy atom. The molecule has 5 nitrogen and oxygen atoms in total. The van der Waals surface area contributed by atoms with Crippen molar-refractivity contribution in [3.63, 3.8) is 0 Å². The molecule has 1 radical (unpaired) electrons. The number of nitrogens with one attached hydrogen (secondary N) is 1. The van der Waals surface area contributed by atoms with E-state index >= 15 is 0 Å². The van der Waals surface area contributed by atoms with Crippen LogP contribution in [0, 0.1) is 6.92 Å². The number of nitrogens with zero attached hydrogens (tertiary/aromatic N) is 1. The fourth-order valence-corrected chi connectivity index (χ4v) is 0.942. The number of hydrogen-bond donors (Lipinski definition) is 3. The summed E-state index contributed by atoms with van der Waals surface area (Å²) in [5, 5.41) is 20.5. The number of carbonyl (C=O) groups excluding carboxylic acids is 1. The molecule has 0 aliphatic rings. The Kier molecular flexibility index (Phi) is 6.23. The highest BCUT2D eigenvalue weighted by molar-refractivity contribution is 5.74. The maximum Gasteiger partial charge on any atom is 0.317 e. The maximum absolute atomic E-state index is 11.4. The Bertz CT molecular complexity index is 171. The van der Waals surface area contributed by atoms with E-state index in [4.69, 9.17) is 10.2 Å². The number of amides is 2. The van der Waals surface area contributed by atoms with E-state index in [1.54, 1.807) is 13.8 Å². The van der Waals surface area contributed by atoms with Gasteiger partial charge < -0.3 is 20.4 Å². The molecule has 0 bridgehead atoms. The molecule has 2 atom stereocenters. The van der Waals surface area contributed by atoms with Crippen molar-refractivity contribution in [2.45, 2.75) is 26.1 Å². The Morgan fingerprint density at radius 1 is 1.43 bits per heavy atom. The van der Waals surface area contributed by atoms with Gasteiger partial charge in [-0.2, -0.15) is 0 Å². The molecular weight excluding hydrogens is 184 g/mol. The summed E-state index contributed by atoms with van der Waals surface area (Å²) in [6.45, 7) is 7.50. The molecule has 2 amide bonds. The quantitative estimate of drug-likeness (QED) is 0.569. The van der Waals surface area contributed by atoms with Gasteiger partial charge in [0.25, 0.3) is 0 Å². The Labute approximate surface area is 84.7 Å². The van der Waals surface area contributed by atoms with Gasteiger partial charge in [0.1, 0.15) is 0 Å². The molecule has 0 fully saturated rings. The van der Waals surface area contributed by atoms with Crippen molar-refractivity contribution in [1.29, 1.82) is 0 Å². The molecule has 83 valence electrons. The smallest absolute Gasteiger partial charge is 0.317 e.